The van der Waals surface area contributed by atoms with Crippen molar-refractivity contribution in [1.29, 1.82) is 0 Å². The molecule has 30 heavy (non-hydrogen) atoms. The molecule has 2 aliphatic rings. The van der Waals surface area contributed by atoms with Crippen LogP contribution in [0.1, 0.15) is 60.9 Å². The molecular weight excluding hydrogens is 400 g/mol. The average Bonchev–Trinajstić information content (AvgIpc) is 3.21. The predicted octanol–water partition coefficient (Wildman–Crippen LogP) is 3.70. The molecule has 0 atom stereocenters. The van der Waals surface area contributed by atoms with E-state index in [1.54, 1.807) is 24.1 Å². The molecule has 0 bridgehead atoms. The van der Waals surface area contributed by atoms with Crippen molar-refractivity contribution in [3.8, 4) is 0 Å². The number of aromatic nitrogens is 2. The molecule has 2 heterocycles. The molecule has 1 N–H and O–H groups in total. The van der Waals surface area contributed by atoms with Crippen LogP contribution < -0.4 is 5.32 Å². The van der Waals surface area contributed by atoms with Crippen molar-refractivity contribution in [3.63, 3.8) is 0 Å². The van der Waals surface area contributed by atoms with E-state index in [1.165, 1.54) is 6.42 Å². The fourth-order valence-corrected chi connectivity index (χ4v) is 5.09. The molecule has 1 saturated heterocycles. The number of piperidine rings is 1. The number of amides is 2. The highest BCUT2D eigenvalue weighted by Gasteiger charge is 2.44. The monoisotopic (exact) mass is 428 g/mol. The molecule has 0 spiro atoms. The van der Waals surface area contributed by atoms with Crippen molar-refractivity contribution >= 4 is 23.4 Å². The van der Waals surface area contributed by atoms with Crippen LogP contribution in [0.4, 0.5) is 0 Å². The molecule has 1 aromatic heterocycles. The third-order valence-corrected chi connectivity index (χ3v) is 6.81. The number of aryl methyl sites for hydroxylation is 1. The third-order valence-electron chi connectivity index (χ3n) is 6.58. The number of rotatable bonds is 4. The van der Waals surface area contributed by atoms with Gasteiger partial charge in [-0.25, -0.2) is 0 Å². The van der Waals surface area contributed by atoms with Gasteiger partial charge in [-0.15, -0.1) is 0 Å². The molecule has 0 radical (unpaired) electrons. The van der Waals surface area contributed by atoms with Crippen LogP contribution in [-0.2, 0) is 17.3 Å². The van der Waals surface area contributed by atoms with E-state index in [1.807, 2.05) is 23.1 Å². The second kappa shape index (κ2) is 8.80. The normalized spacial score (nSPS) is 19.5. The Labute approximate surface area is 182 Å². The SMILES string of the molecule is Cn1cc(C(=O)NC2CCN(C(=O)C3(c4cccc(Cl)c4)CCCCC3)CC2)cn1. The Morgan fingerprint density at radius 3 is 2.53 bits per heavy atom. The molecule has 7 heteroatoms. The topological polar surface area (TPSA) is 67.2 Å². The van der Waals surface area contributed by atoms with Crippen molar-refractivity contribution in [2.75, 3.05) is 13.1 Å². The van der Waals surface area contributed by atoms with E-state index in [0.717, 1.165) is 44.1 Å². The lowest BCUT2D eigenvalue weighted by Gasteiger charge is -2.42. The zero-order valence-electron chi connectivity index (χ0n) is 17.4. The number of carbonyl (C=O) groups is 2. The van der Waals surface area contributed by atoms with Gasteiger partial charge in [0.15, 0.2) is 0 Å². The standard InChI is InChI=1S/C23H29ClN4O2/c1-27-16-17(15-25-27)21(29)26-20-8-12-28(13-9-20)22(30)23(10-3-2-4-11-23)18-6-5-7-19(24)14-18/h5-7,14-16,20H,2-4,8-13H2,1H3,(H,26,29). The average molecular weight is 429 g/mol. The van der Waals surface area contributed by atoms with Crippen molar-refractivity contribution in [2.24, 2.45) is 7.05 Å². The molecule has 1 aliphatic heterocycles. The quantitative estimate of drug-likeness (QED) is 0.807. The van der Waals surface area contributed by atoms with E-state index < -0.39 is 5.41 Å². The first kappa shape index (κ1) is 20.9. The lowest BCUT2D eigenvalue weighted by Crippen LogP contribution is -2.53. The summed E-state index contributed by atoms with van der Waals surface area (Å²) in [5.41, 5.74) is 1.15. The van der Waals surface area contributed by atoms with Crippen LogP contribution in [0.5, 0.6) is 0 Å². The minimum Gasteiger partial charge on any atom is -0.349 e. The number of benzene rings is 1. The van der Waals surface area contributed by atoms with Gasteiger partial charge in [-0.2, -0.15) is 5.10 Å². The summed E-state index contributed by atoms with van der Waals surface area (Å²) >= 11 is 6.27. The Morgan fingerprint density at radius 1 is 1.17 bits per heavy atom. The highest BCUT2D eigenvalue weighted by Crippen LogP contribution is 2.42. The molecule has 160 valence electrons. The maximum absolute atomic E-state index is 13.7. The van der Waals surface area contributed by atoms with Gasteiger partial charge < -0.3 is 10.2 Å². The fraction of sp³-hybridized carbons (Fsp3) is 0.522. The third kappa shape index (κ3) is 4.24. The van der Waals surface area contributed by atoms with Gasteiger partial charge in [-0.1, -0.05) is 43.0 Å². The van der Waals surface area contributed by atoms with Gasteiger partial charge in [0.2, 0.25) is 5.91 Å². The molecule has 2 aromatic rings. The Kier molecular flexibility index (Phi) is 6.14. The number of likely N-dealkylation sites (tertiary alicyclic amines) is 1. The summed E-state index contributed by atoms with van der Waals surface area (Å²) in [6.07, 6.45) is 9.89. The fourth-order valence-electron chi connectivity index (χ4n) is 4.90. The molecule has 4 rings (SSSR count). The smallest absolute Gasteiger partial charge is 0.254 e. The van der Waals surface area contributed by atoms with Crippen LogP contribution in [0.15, 0.2) is 36.7 Å². The molecular formula is C23H29ClN4O2. The minimum absolute atomic E-state index is 0.0789. The van der Waals surface area contributed by atoms with Crippen LogP contribution in [0, 0.1) is 0 Å². The van der Waals surface area contributed by atoms with Gasteiger partial charge in [0.25, 0.3) is 5.91 Å². The summed E-state index contributed by atoms with van der Waals surface area (Å²) < 4.78 is 1.62. The van der Waals surface area contributed by atoms with Gasteiger partial charge in [0, 0.05) is 37.4 Å². The second-order valence-electron chi connectivity index (χ2n) is 8.60. The van der Waals surface area contributed by atoms with E-state index in [9.17, 15) is 9.59 Å². The summed E-state index contributed by atoms with van der Waals surface area (Å²) in [5, 5.41) is 7.82. The molecule has 2 fully saturated rings. The number of carbonyl (C=O) groups excluding carboxylic acids is 2. The minimum atomic E-state index is -0.463. The predicted molar refractivity (Wildman–Crippen MR) is 116 cm³/mol. The zero-order chi connectivity index (χ0) is 21.1. The summed E-state index contributed by atoms with van der Waals surface area (Å²) in [6, 6.07) is 7.90. The van der Waals surface area contributed by atoms with Gasteiger partial charge >= 0.3 is 0 Å². The zero-order valence-corrected chi connectivity index (χ0v) is 18.2. The Morgan fingerprint density at radius 2 is 1.90 bits per heavy atom. The largest absolute Gasteiger partial charge is 0.349 e. The van der Waals surface area contributed by atoms with Crippen LogP contribution in [0.3, 0.4) is 0 Å². The molecule has 0 unspecified atom stereocenters. The second-order valence-corrected chi connectivity index (χ2v) is 9.03. The first-order valence-corrected chi connectivity index (χ1v) is 11.2. The molecule has 1 saturated carbocycles. The van der Waals surface area contributed by atoms with E-state index in [0.29, 0.717) is 23.7 Å². The maximum atomic E-state index is 13.7. The van der Waals surface area contributed by atoms with Gasteiger partial charge in [-0.05, 0) is 43.4 Å². The number of halogens is 1. The van der Waals surface area contributed by atoms with Crippen molar-refractivity contribution in [3.05, 3.63) is 52.8 Å². The van der Waals surface area contributed by atoms with Crippen LogP contribution in [0.25, 0.3) is 0 Å². The Balaban J connectivity index is 1.42. The summed E-state index contributed by atoms with van der Waals surface area (Å²) in [7, 11) is 1.79. The Bertz CT molecular complexity index is 911. The van der Waals surface area contributed by atoms with Crippen LogP contribution in [0.2, 0.25) is 5.02 Å². The first-order chi connectivity index (χ1) is 14.5. The van der Waals surface area contributed by atoms with E-state index >= 15 is 0 Å². The van der Waals surface area contributed by atoms with Crippen molar-refractivity contribution in [2.45, 2.75) is 56.4 Å². The van der Waals surface area contributed by atoms with E-state index in [4.69, 9.17) is 11.6 Å². The van der Waals surface area contributed by atoms with E-state index in [-0.39, 0.29) is 17.9 Å². The van der Waals surface area contributed by atoms with Crippen LogP contribution in [-0.4, -0.2) is 45.6 Å². The summed E-state index contributed by atoms with van der Waals surface area (Å²) in [4.78, 5) is 28.1. The molecule has 6 nitrogen and oxygen atoms in total. The first-order valence-electron chi connectivity index (χ1n) is 10.8. The van der Waals surface area contributed by atoms with Crippen molar-refractivity contribution in [1.82, 2.24) is 20.0 Å². The summed E-state index contributed by atoms with van der Waals surface area (Å²) in [6.45, 7) is 1.33. The number of nitrogens with one attached hydrogen (secondary N) is 1. The van der Waals surface area contributed by atoms with Gasteiger partial charge in [0.1, 0.15) is 0 Å². The lowest BCUT2D eigenvalue weighted by molar-refractivity contribution is -0.140. The highest BCUT2D eigenvalue weighted by atomic mass is 35.5. The molecule has 1 aliphatic carbocycles. The van der Waals surface area contributed by atoms with E-state index in [2.05, 4.69) is 16.5 Å². The Hall–Kier alpha value is -2.34. The van der Waals surface area contributed by atoms with Gasteiger partial charge in [-0.3, -0.25) is 14.3 Å². The van der Waals surface area contributed by atoms with Gasteiger partial charge in [0.05, 0.1) is 17.2 Å². The highest BCUT2D eigenvalue weighted by molar-refractivity contribution is 6.30. The summed E-state index contributed by atoms with van der Waals surface area (Å²) in [5.74, 6) is 0.122. The molecule has 2 amide bonds. The number of nitrogens with zero attached hydrogens (tertiary/aromatic N) is 3. The number of hydrogen-bond donors (Lipinski definition) is 1. The lowest BCUT2D eigenvalue weighted by atomic mass is 9.68. The van der Waals surface area contributed by atoms with Crippen LogP contribution >= 0.6 is 11.6 Å². The number of hydrogen-bond acceptors (Lipinski definition) is 3. The maximum Gasteiger partial charge on any atom is 0.254 e. The molecule has 1 aromatic carbocycles. The van der Waals surface area contributed by atoms with Crippen molar-refractivity contribution < 1.29 is 9.59 Å².